The Morgan fingerprint density at radius 3 is 2.32 bits per heavy atom. The number of hydrogen-bond donors (Lipinski definition) is 1. The van der Waals surface area contributed by atoms with Gasteiger partial charge in [-0.2, -0.15) is 0 Å². The van der Waals surface area contributed by atoms with Crippen molar-refractivity contribution in [3.63, 3.8) is 0 Å². The second-order valence-corrected chi connectivity index (χ2v) is 9.45. The van der Waals surface area contributed by atoms with Crippen LogP contribution in [0.15, 0.2) is 35.2 Å². The number of sulfonamides is 1. The first kappa shape index (κ1) is 20.3. The van der Waals surface area contributed by atoms with Crippen LogP contribution in [0.1, 0.15) is 24.7 Å². The molecular formula is C18H20N4O4S2. The smallest absolute Gasteiger partial charge is 0.264 e. The van der Waals surface area contributed by atoms with Crippen LogP contribution in [-0.2, 0) is 19.6 Å². The molecule has 0 aliphatic carbocycles. The van der Waals surface area contributed by atoms with E-state index in [0.29, 0.717) is 17.1 Å². The van der Waals surface area contributed by atoms with Gasteiger partial charge in [-0.1, -0.05) is 6.92 Å². The molecule has 3 rings (SSSR count). The number of amides is 2. The number of anilines is 2. The minimum Gasteiger partial charge on any atom is -0.274 e. The molecule has 0 radical (unpaired) electrons. The average molecular weight is 421 g/mol. The van der Waals surface area contributed by atoms with Gasteiger partial charge in [0.15, 0.2) is 0 Å². The molecule has 1 aromatic heterocycles. The standard InChI is InChI=1S/C18H20N4O4S2/c1-4-27-15-10-16(23)22(17(15)24)13-5-7-14(8-6-13)28(25,26)21-18-19-11(2)9-12(3)20-18/h5-9,15H,4,10H2,1-3H3,(H,19,20,21). The van der Waals surface area contributed by atoms with E-state index < -0.39 is 10.0 Å². The fourth-order valence-corrected chi connectivity index (χ4v) is 4.79. The number of nitrogens with one attached hydrogen (secondary N) is 1. The lowest BCUT2D eigenvalue weighted by Gasteiger charge is -2.15. The number of aromatic nitrogens is 2. The van der Waals surface area contributed by atoms with Gasteiger partial charge in [0.25, 0.3) is 10.0 Å². The molecular weight excluding hydrogens is 400 g/mol. The molecule has 1 N–H and O–H groups in total. The Morgan fingerprint density at radius 1 is 1.14 bits per heavy atom. The van der Waals surface area contributed by atoms with E-state index >= 15 is 0 Å². The summed E-state index contributed by atoms with van der Waals surface area (Å²) in [6, 6.07) is 7.33. The van der Waals surface area contributed by atoms with Crippen molar-refractivity contribution in [3.05, 3.63) is 41.7 Å². The average Bonchev–Trinajstić information content (AvgIpc) is 2.88. The molecule has 10 heteroatoms. The molecule has 28 heavy (non-hydrogen) atoms. The van der Waals surface area contributed by atoms with E-state index in [4.69, 9.17) is 0 Å². The molecule has 1 fully saturated rings. The third-order valence-electron chi connectivity index (χ3n) is 4.09. The van der Waals surface area contributed by atoms with Crippen LogP contribution in [-0.4, -0.2) is 41.2 Å². The van der Waals surface area contributed by atoms with E-state index in [1.807, 2.05) is 6.92 Å². The molecule has 1 saturated heterocycles. The lowest BCUT2D eigenvalue weighted by atomic mass is 10.3. The number of carbonyl (C=O) groups is 2. The van der Waals surface area contributed by atoms with Crippen LogP contribution in [0.2, 0.25) is 0 Å². The molecule has 1 atom stereocenters. The lowest BCUT2D eigenvalue weighted by molar-refractivity contribution is -0.121. The summed E-state index contributed by atoms with van der Waals surface area (Å²) in [7, 11) is -3.90. The zero-order valence-electron chi connectivity index (χ0n) is 15.7. The van der Waals surface area contributed by atoms with Crippen molar-refractivity contribution in [2.24, 2.45) is 0 Å². The van der Waals surface area contributed by atoms with Crippen LogP contribution in [0.3, 0.4) is 0 Å². The minimum atomic E-state index is -3.90. The maximum Gasteiger partial charge on any atom is 0.264 e. The van der Waals surface area contributed by atoms with Crippen molar-refractivity contribution in [2.75, 3.05) is 15.4 Å². The molecule has 1 aliphatic heterocycles. The van der Waals surface area contributed by atoms with E-state index in [1.54, 1.807) is 19.9 Å². The Morgan fingerprint density at radius 2 is 1.75 bits per heavy atom. The Labute approximate surface area is 167 Å². The fraction of sp³-hybridized carbons (Fsp3) is 0.333. The quantitative estimate of drug-likeness (QED) is 0.714. The van der Waals surface area contributed by atoms with Crippen LogP contribution >= 0.6 is 11.8 Å². The number of rotatable bonds is 6. The molecule has 148 valence electrons. The van der Waals surface area contributed by atoms with Crippen molar-refractivity contribution < 1.29 is 18.0 Å². The number of benzene rings is 1. The number of nitrogens with zero attached hydrogens (tertiary/aromatic N) is 3. The highest BCUT2D eigenvalue weighted by Gasteiger charge is 2.39. The molecule has 1 aromatic carbocycles. The van der Waals surface area contributed by atoms with Crippen molar-refractivity contribution in [3.8, 4) is 0 Å². The number of carbonyl (C=O) groups excluding carboxylic acids is 2. The second-order valence-electron chi connectivity index (χ2n) is 6.29. The van der Waals surface area contributed by atoms with Gasteiger partial charge in [-0.25, -0.2) is 28.0 Å². The number of imide groups is 1. The summed E-state index contributed by atoms with van der Waals surface area (Å²) in [5.74, 6) is 0.175. The van der Waals surface area contributed by atoms with Crippen molar-refractivity contribution >= 4 is 45.2 Å². The highest BCUT2D eigenvalue weighted by atomic mass is 32.2. The topological polar surface area (TPSA) is 109 Å². The van der Waals surface area contributed by atoms with Crippen molar-refractivity contribution in [1.29, 1.82) is 0 Å². The van der Waals surface area contributed by atoms with Crippen LogP contribution in [0.4, 0.5) is 11.6 Å². The first-order chi connectivity index (χ1) is 13.2. The van der Waals surface area contributed by atoms with Crippen LogP contribution in [0, 0.1) is 13.8 Å². The largest absolute Gasteiger partial charge is 0.274 e. The summed E-state index contributed by atoms with van der Waals surface area (Å²) in [6.07, 6.45) is 0.156. The number of aryl methyl sites for hydroxylation is 2. The minimum absolute atomic E-state index is 0.00842. The van der Waals surface area contributed by atoms with Gasteiger partial charge in [0.1, 0.15) is 0 Å². The highest BCUT2D eigenvalue weighted by molar-refractivity contribution is 8.00. The van der Waals surface area contributed by atoms with E-state index in [9.17, 15) is 18.0 Å². The van der Waals surface area contributed by atoms with Crippen LogP contribution < -0.4 is 9.62 Å². The maximum atomic E-state index is 12.6. The summed E-state index contributed by atoms with van der Waals surface area (Å²) >= 11 is 1.43. The number of hydrogen-bond acceptors (Lipinski definition) is 7. The van der Waals surface area contributed by atoms with Gasteiger partial charge in [0.2, 0.25) is 17.8 Å². The van der Waals surface area contributed by atoms with Crippen molar-refractivity contribution in [1.82, 2.24) is 9.97 Å². The number of thioether (sulfide) groups is 1. The van der Waals surface area contributed by atoms with E-state index in [-0.39, 0.29) is 34.3 Å². The molecule has 2 heterocycles. The Bertz CT molecular complexity index is 1000. The van der Waals surface area contributed by atoms with Crippen LogP contribution in [0.5, 0.6) is 0 Å². The highest BCUT2D eigenvalue weighted by Crippen LogP contribution is 2.30. The summed E-state index contributed by atoms with van der Waals surface area (Å²) in [6.45, 7) is 5.42. The van der Waals surface area contributed by atoms with Gasteiger partial charge >= 0.3 is 0 Å². The van der Waals surface area contributed by atoms with Crippen molar-refractivity contribution in [2.45, 2.75) is 37.3 Å². The molecule has 0 saturated carbocycles. The summed E-state index contributed by atoms with van der Waals surface area (Å²) in [5.41, 5.74) is 1.65. The predicted octanol–water partition coefficient (Wildman–Crippen LogP) is 2.28. The molecule has 0 spiro atoms. The predicted molar refractivity (Wildman–Crippen MR) is 108 cm³/mol. The second kappa shape index (κ2) is 7.88. The van der Waals surface area contributed by atoms with E-state index in [1.165, 1.54) is 36.0 Å². The summed E-state index contributed by atoms with van der Waals surface area (Å²) in [4.78, 5) is 33.9. The lowest BCUT2D eigenvalue weighted by Crippen LogP contribution is -2.31. The van der Waals surface area contributed by atoms with E-state index in [2.05, 4.69) is 14.7 Å². The van der Waals surface area contributed by atoms with Gasteiger partial charge in [0.05, 0.1) is 15.8 Å². The van der Waals surface area contributed by atoms with Crippen LogP contribution in [0.25, 0.3) is 0 Å². The van der Waals surface area contributed by atoms with E-state index in [0.717, 1.165) is 10.7 Å². The first-order valence-corrected chi connectivity index (χ1v) is 11.2. The zero-order chi connectivity index (χ0) is 20.5. The third-order valence-corrected chi connectivity index (χ3v) is 6.53. The zero-order valence-corrected chi connectivity index (χ0v) is 17.3. The molecule has 1 unspecified atom stereocenters. The van der Waals surface area contributed by atoms with Gasteiger partial charge in [-0.15, -0.1) is 11.8 Å². The third kappa shape index (κ3) is 4.17. The fourth-order valence-electron chi connectivity index (χ4n) is 2.93. The van der Waals surface area contributed by atoms with Gasteiger partial charge in [-0.3, -0.25) is 9.59 Å². The SMILES string of the molecule is CCSC1CC(=O)N(c2ccc(S(=O)(=O)Nc3nc(C)cc(C)n3)cc2)C1=O. The normalized spacial score (nSPS) is 17.2. The molecule has 1 aliphatic rings. The Hall–Kier alpha value is -2.46. The monoisotopic (exact) mass is 420 g/mol. The molecule has 2 aromatic rings. The summed E-state index contributed by atoms with van der Waals surface area (Å²) in [5, 5.41) is -0.385. The maximum absolute atomic E-state index is 12.6. The van der Waals surface area contributed by atoms with Gasteiger partial charge < -0.3 is 0 Å². The van der Waals surface area contributed by atoms with Gasteiger partial charge in [0, 0.05) is 17.8 Å². The molecule has 8 nitrogen and oxygen atoms in total. The molecule has 2 amide bonds. The molecule has 0 bridgehead atoms. The Kier molecular flexibility index (Phi) is 5.71. The first-order valence-electron chi connectivity index (χ1n) is 8.65. The Balaban J connectivity index is 1.82. The summed E-state index contributed by atoms with van der Waals surface area (Å²) < 4.78 is 27.5. The van der Waals surface area contributed by atoms with Gasteiger partial charge in [-0.05, 0) is 49.9 Å².